The number of pyridine rings is 1. The van der Waals surface area contributed by atoms with Gasteiger partial charge >= 0.3 is 11.7 Å². The Bertz CT molecular complexity index is 833. The fraction of sp³-hybridized carbons (Fsp3) is 0.529. The molecule has 0 N–H and O–H groups in total. The minimum absolute atomic E-state index is 0.233. The Morgan fingerprint density at radius 3 is 2.80 bits per heavy atom. The van der Waals surface area contributed by atoms with E-state index in [4.69, 9.17) is 16.3 Å². The Balaban J connectivity index is 1.89. The van der Waals surface area contributed by atoms with Crippen molar-refractivity contribution in [1.82, 2.24) is 19.3 Å². The molecule has 0 fully saturated rings. The summed E-state index contributed by atoms with van der Waals surface area (Å²) in [5.41, 5.74) is -0.236. The van der Waals surface area contributed by atoms with E-state index in [1.54, 1.807) is 12.1 Å². The van der Waals surface area contributed by atoms with Crippen LogP contribution in [0.5, 0.6) is 0 Å². The summed E-state index contributed by atoms with van der Waals surface area (Å²) in [6.45, 7) is 5.67. The number of fused-ring (bicyclic) bond motifs is 1. The maximum Gasteiger partial charge on any atom is 0.347 e. The molecule has 8 heteroatoms. The van der Waals surface area contributed by atoms with E-state index >= 15 is 0 Å². The molecule has 3 heterocycles. The number of hydrogen-bond acceptors (Lipinski definition) is 5. The molecule has 3 rings (SSSR count). The topological polar surface area (TPSA) is 79.0 Å². The first kappa shape index (κ1) is 17.7. The van der Waals surface area contributed by atoms with E-state index < -0.39 is 11.6 Å². The number of nitrogens with zero attached hydrogens (tertiary/aromatic N) is 4. The van der Waals surface area contributed by atoms with Crippen LogP contribution in [0, 0.1) is 0 Å². The highest BCUT2D eigenvalue weighted by molar-refractivity contribution is 6.30. The average Bonchev–Trinajstić information content (AvgIpc) is 2.84. The molecule has 1 unspecified atom stereocenters. The normalized spacial score (nSPS) is 17.2. The molecule has 0 bridgehead atoms. The molecule has 7 nitrogen and oxygen atoms in total. The Morgan fingerprint density at radius 1 is 1.40 bits per heavy atom. The molecule has 1 aliphatic rings. The summed E-state index contributed by atoms with van der Waals surface area (Å²) in [6.07, 6.45) is 3.56. The Labute approximate surface area is 150 Å². The quantitative estimate of drug-likeness (QED) is 0.781. The van der Waals surface area contributed by atoms with Gasteiger partial charge < -0.3 is 4.74 Å². The van der Waals surface area contributed by atoms with Gasteiger partial charge in [-0.25, -0.2) is 14.3 Å². The fourth-order valence-corrected chi connectivity index (χ4v) is 2.99. The van der Waals surface area contributed by atoms with Crippen LogP contribution in [0.3, 0.4) is 0 Å². The van der Waals surface area contributed by atoms with Gasteiger partial charge in [0.15, 0.2) is 0 Å². The molecule has 0 saturated carbocycles. The number of rotatable bonds is 3. The maximum absolute atomic E-state index is 12.8. The summed E-state index contributed by atoms with van der Waals surface area (Å²) in [5.74, 6) is 0.223. The van der Waals surface area contributed by atoms with E-state index in [-0.39, 0.29) is 18.2 Å². The molecule has 0 aliphatic carbocycles. The third kappa shape index (κ3) is 3.92. The van der Waals surface area contributed by atoms with Crippen LogP contribution < -0.4 is 5.69 Å². The summed E-state index contributed by atoms with van der Waals surface area (Å²) in [7, 11) is 0. The minimum atomic E-state index is -0.623. The number of esters is 1. The number of aromatic nitrogens is 4. The molecule has 0 aromatic carbocycles. The second-order valence-corrected chi connectivity index (χ2v) is 7.57. The Kier molecular flexibility index (Phi) is 4.69. The Morgan fingerprint density at radius 2 is 2.16 bits per heavy atom. The molecule has 2 aromatic rings. The predicted molar refractivity (Wildman–Crippen MR) is 92.7 cm³/mol. The van der Waals surface area contributed by atoms with Crippen molar-refractivity contribution in [1.29, 1.82) is 0 Å². The second-order valence-electron chi connectivity index (χ2n) is 7.14. The third-order valence-corrected chi connectivity index (χ3v) is 4.13. The van der Waals surface area contributed by atoms with Crippen LogP contribution in [0.1, 0.15) is 51.2 Å². The van der Waals surface area contributed by atoms with Crippen molar-refractivity contribution < 1.29 is 9.53 Å². The van der Waals surface area contributed by atoms with Crippen LogP contribution in [-0.2, 0) is 22.5 Å². The highest BCUT2D eigenvalue weighted by Crippen LogP contribution is 2.25. The molecular formula is C17H21ClN4O3. The molecule has 0 radical (unpaired) electrons. The van der Waals surface area contributed by atoms with E-state index in [9.17, 15) is 9.59 Å². The first-order valence-corrected chi connectivity index (χ1v) is 8.64. The first-order valence-electron chi connectivity index (χ1n) is 8.26. The molecular weight excluding hydrogens is 344 g/mol. The average molecular weight is 365 g/mol. The zero-order chi connectivity index (χ0) is 18.2. The summed E-state index contributed by atoms with van der Waals surface area (Å²) >= 11 is 5.83. The lowest BCUT2D eigenvalue weighted by Gasteiger charge is -2.26. The molecule has 0 spiro atoms. The van der Waals surface area contributed by atoms with Crippen LogP contribution in [0.25, 0.3) is 0 Å². The smallest absolute Gasteiger partial charge is 0.347 e. The summed E-state index contributed by atoms with van der Waals surface area (Å²) < 4.78 is 8.27. The van der Waals surface area contributed by atoms with E-state index in [0.29, 0.717) is 29.4 Å². The molecule has 1 atom stereocenters. The lowest BCUT2D eigenvalue weighted by Crippen LogP contribution is -2.38. The second kappa shape index (κ2) is 6.63. The molecule has 1 aliphatic heterocycles. The monoisotopic (exact) mass is 364 g/mol. The number of aryl methyl sites for hydroxylation is 1. The van der Waals surface area contributed by atoms with Crippen molar-refractivity contribution in [3.63, 3.8) is 0 Å². The highest BCUT2D eigenvalue weighted by Gasteiger charge is 2.33. The first-order chi connectivity index (χ1) is 11.7. The van der Waals surface area contributed by atoms with Crippen molar-refractivity contribution in [3.05, 3.63) is 45.4 Å². The number of hydrogen-bond donors (Lipinski definition) is 0. The van der Waals surface area contributed by atoms with Crippen molar-refractivity contribution >= 4 is 17.6 Å². The van der Waals surface area contributed by atoms with Crippen LogP contribution in [0.15, 0.2) is 23.1 Å². The van der Waals surface area contributed by atoms with Gasteiger partial charge in [-0.1, -0.05) is 11.6 Å². The van der Waals surface area contributed by atoms with Gasteiger partial charge in [0.25, 0.3) is 0 Å². The van der Waals surface area contributed by atoms with Gasteiger partial charge in [-0.3, -0.25) is 9.55 Å². The van der Waals surface area contributed by atoms with Crippen molar-refractivity contribution in [2.24, 2.45) is 0 Å². The summed E-state index contributed by atoms with van der Waals surface area (Å²) in [5, 5.41) is 4.92. The Hall–Kier alpha value is -2.15. The van der Waals surface area contributed by atoms with Crippen LogP contribution in [0.4, 0.5) is 0 Å². The standard InChI is InChI=1S/C17H21ClN4O3/c1-17(2,3)25-15(23)13-5-4-6-14-20-21(16(24)22(13)14)10-12-8-7-11(18)9-19-12/h7-9,13H,4-6,10H2,1-3H3. The van der Waals surface area contributed by atoms with Crippen molar-refractivity contribution in [3.8, 4) is 0 Å². The molecule has 0 amide bonds. The van der Waals surface area contributed by atoms with Crippen molar-refractivity contribution in [2.45, 2.75) is 58.2 Å². The van der Waals surface area contributed by atoms with Crippen LogP contribution in [0.2, 0.25) is 5.02 Å². The van der Waals surface area contributed by atoms with Gasteiger partial charge in [-0.2, -0.15) is 5.10 Å². The third-order valence-electron chi connectivity index (χ3n) is 3.91. The highest BCUT2D eigenvalue weighted by atomic mass is 35.5. The van der Waals surface area contributed by atoms with Crippen LogP contribution >= 0.6 is 11.6 Å². The largest absolute Gasteiger partial charge is 0.458 e. The summed E-state index contributed by atoms with van der Waals surface area (Å²) in [6, 6.07) is 2.84. The zero-order valence-corrected chi connectivity index (χ0v) is 15.3. The van der Waals surface area contributed by atoms with Gasteiger partial charge in [0.1, 0.15) is 17.5 Å². The number of ether oxygens (including phenoxy) is 1. The van der Waals surface area contributed by atoms with E-state index in [1.165, 1.54) is 15.4 Å². The number of carbonyl (C=O) groups excluding carboxylic acids is 1. The van der Waals surface area contributed by atoms with E-state index in [2.05, 4.69) is 10.1 Å². The van der Waals surface area contributed by atoms with Gasteiger partial charge in [-0.15, -0.1) is 0 Å². The van der Waals surface area contributed by atoms with Gasteiger partial charge in [0.2, 0.25) is 0 Å². The summed E-state index contributed by atoms with van der Waals surface area (Å²) in [4.78, 5) is 29.4. The zero-order valence-electron chi connectivity index (χ0n) is 14.5. The number of halogens is 1. The van der Waals surface area contributed by atoms with Gasteiger partial charge in [-0.05, 0) is 45.7 Å². The maximum atomic E-state index is 12.8. The van der Waals surface area contributed by atoms with E-state index in [1.807, 2.05) is 20.8 Å². The van der Waals surface area contributed by atoms with E-state index in [0.717, 1.165) is 6.42 Å². The SMILES string of the molecule is CC(C)(C)OC(=O)C1CCCc2nn(Cc3ccc(Cl)cn3)c(=O)n21. The molecule has 25 heavy (non-hydrogen) atoms. The molecule has 0 saturated heterocycles. The predicted octanol–water partition coefficient (Wildman–Crippen LogP) is 2.36. The number of carbonyl (C=O) groups is 1. The fourth-order valence-electron chi connectivity index (χ4n) is 2.88. The molecule has 2 aromatic heterocycles. The van der Waals surface area contributed by atoms with Crippen LogP contribution in [-0.4, -0.2) is 30.9 Å². The van der Waals surface area contributed by atoms with Crippen molar-refractivity contribution in [2.75, 3.05) is 0 Å². The lowest BCUT2D eigenvalue weighted by atomic mass is 10.0. The lowest BCUT2D eigenvalue weighted by molar-refractivity contribution is -0.159. The molecule has 134 valence electrons. The minimum Gasteiger partial charge on any atom is -0.458 e. The van der Waals surface area contributed by atoms with Gasteiger partial charge in [0.05, 0.1) is 17.3 Å². The van der Waals surface area contributed by atoms with Gasteiger partial charge in [0, 0.05) is 12.6 Å².